The lowest BCUT2D eigenvalue weighted by Gasteiger charge is -2.48. The number of hydrogen-bond acceptors (Lipinski definition) is 4. The lowest BCUT2D eigenvalue weighted by Crippen LogP contribution is -2.56. The first-order chi connectivity index (χ1) is 16.8. The SMILES string of the molecule is CC(C)(C)C(=S)N1CC[C@@H]1[C@H](O)c1ccccc1.CC(C)(C)C(=S)N1CC[C@H]1[C@@H](O)c1ccccc1. The van der Waals surface area contributed by atoms with Crippen LogP contribution in [0.1, 0.15) is 77.7 Å². The van der Waals surface area contributed by atoms with Gasteiger partial charge in [-0.3, -0.25) is 0 Å². The van der Waals surface area contributed by atoms with Crippen molar-refractivity contribution in [2.45, 2.75) is 78.7 Å². The molecule has 6 heteroatoms. The van der Waals surface area contributed by atoms with E-state index in [1.54, 1.807) is 0 Å². The smallest absolute Gasteiger partial charge is 0.0993 e. The van der Waals surface area contributed by atoms with Crippen LogP contribution in [0.4, 0.5) is 0 Å². The summed E-state index contributed by atoms with van der Waals surface area (Å²) in [6.45, 7) is 14.7. The lowest BCUT2D eigenvalue weighted by atomic mass is 9.87. The molecule has 2 heterocycles. The Morgan fingerprint density at radius 3 is 1.19 bits per heavy atom. The monoisotopic (exact) mass is 526 g/mol. The van der Waals surface area contributed by atoms with Crippen molar-refractivity contribution < 1.29 is 10.2 Å². The molecule has 0 unspecified atom stereocenters. The third kappa shape index (κ3) is 6.71. The molecule has 0 aromatic heterocycles. The molecule has 0 aliphatic carbocycles. The minimum absolute atomic E-state index is 0.00951. The second kappa shape index (κ2) is 11.7. The van der Waals surface area contributed by atoms with Crippen LogP contribution in [-0.2, 0) is 0 Å². The van der Waals surface area contributed by atoms with Crippen molar-refractivity contribution in [1.82, 2.24) is 9.80 Å². The molecule has 0 radical (unpaired) electrons. The first-order valence-electron chi connectivity index (χ1n) is 12.9. The fraction of sp³-hybridized carbons (Fsp3) is 0.533. The number of rotatable bonds is 4. The van der Waals surface area contributed by atoms with Gasteiger partial charge in [0, 0.05) is 23.9 Å². The molecule has 0 amide bonds. The van der Waals surface area contributed by atoms with Gasteiger partial charge in [-0.05, 0) is 24.0 Å². The van der Waals surface area contributed by atoms with Crippen molar-refractivity contribution in [2.75, 3.05) is 13.1 Å². The first-order valence-corrected chi connectivity index (χ1v) is 13.7. The molecule has 0 bridgehead atoms. The summed E-state index contributed by atoms with van der Waals surface area (Å²) in [5, 5.41) is 20.8. The average molecular weight is 527 g/mol. The Labute approximate surface area is 228 Å². The summed E-state index contributed by atoms with van der Waals surface area (Å²) in [6, 6.07) is 20.0. The van der Waals surface area contributed by atoms with E-state index in [4.69, 9.17) is 24.4 Å². The van der Waals surface area contributed by atoms with Crippen LogP contribution in [0.2, 0.25) is 0 Å². The zero-order chi connectivity index (χ0) is 26.7. The highest BCUT2D eigenvalue weighted by Crippen LogP contribution is 2.35. The number of aliphatic hydroxyl groups is 2. The molecule has 4 rings (SSSR count). The number of hydrogen-bond donors (Lipinski definition) is 2. The fourth-order valence-electron chi connectivity index (χ4n) is 4.58. The van der Waals surface area contributed by atoms with Crippen molar-refractivity contribution >= 4 is 34.4 Å². The predicted molar refractivity (Wildman–Crippen MR) is 157 cm³/mol. The van der Waals surface area contributed by atoms with Gasteiger partial charge in [-0.1, -0.05) is 127 Å². The molecular formula is C30H42N2O2S2. The van der Waals surface area contributed by atoms with E-state index in [1.807, 2.05) is 60.7 Å². The molecule has 36 heavy (non-hydrogen) atoms. The summed E-state index contributed by atoms with van der Waals surface area (Å²) in [5.74, 6) is 0. The number of benzene rings is 2. The quantitative estimate of drug-likeness (QED) is 0.454. The van der Waals surface area contributed by atoms with Crippen molar-refractivity contribution in [3.05, 3.63) is 71.8 Å². The van der Waals surface area contributed by atoms with Crippen molar-refractivity contribution in [2.24, 2.45) is 10.8 Å². The highest BCUT2D eigenvalue weighted by atomic mass is 32.1. The van der Waals surface area contributed by atoms with Gasteiger partial charge in [0.05, 0.1) is 34.3 Å². The predicted octanol–water partition coefficient (Wildman–Crippen LogP) is 6.34. The van der Waals surface area contributed by atoms with E-state index in [-0.39, 0.29) is 22.9 Å². The molecule has 0 saturated carbocycles. The number of nitrogens with zero attached hydrogens (tertiary/aromatic N) is 2. The zero-order valence-corrected chi connectivity index (χ0v) is 24.1. The Morgan fingerprint density at radius 1 is 0.667 bits per heavy atom. The van der Waals surface area contributed by atoms with Crippen molar-refractivity contribution in [3.8, 4) is 0 Å². The summed E-state index contributed by atoms with van der Waals surface area (Å²) >= 11 is 11.1. The van der Waals surface area contributed by atoms with Gasteiger partial charge in [0.2, 0.25) is 0 Å². The molecule has 0 spiro atoms. The highest BCUT2D eigenvalue weighted by molar-refractivity contribution is 7.80. The van der Waals surface area contributed by atoms with Crippen LogP contribution in [0.15, 0.2) is 60.7 Å². The third-order valence-electron chi connectivity index (χ3n) is 6.95. The Bertz CT molecular complexity index is 931. The zero-order valence-electron chi connectivity index (χ0n) is 22.5. The fourth-order valence-corrected chi connectivity index (χ4v) is 5.04. The van der Waals surface area contributed by atoms with Gasteiger partial charge in [-0.25, -0.2) is 0 Å². The largest absolute Gasteiger partial charge is 0.386 e. The normalized spacial score (nSPS) is 21.3. The van der Waals surface area contributed by atoms with Gasteiger partial charge >= 0.3 is 0 Å². The van der Waals surface area contributed by atoms with Crippen LogP contribution < -0.4 is 0 Å². The molecule has 2 fully saturated rings. The Kier molecular flexibility index (Phi) is 9.31. The maximum Gasteiger partial charge on any atom is 0.0993 e. The van der Waals surface area contributed by atoms with E-state index in [1.165, 1.54) is 0 Å². The molecule has 2 N–H and O–H groups in total. The maximum atomic E-state index is 10.4. The van der Waals surface area contributed by atoms with E-state index >= 15 is 0 Å². The van der Waals surface area contributed by atoms with Gasteiger partial charge in [0.15, 0.2) is 0 Å². The minimum atomic E-state index is -0.444. The van der Waals surface area contributed by atoms with E-state index in [2.05, 4.69) is 51.3 Å². The number of likely N-dealkylation sites (tertiary alicyclic amines) is 2. The molecule has 2 aliphatic rings. The van der Waals surface area contributed by atoms with Gasteiger partial charge in [0.1, 0.15) is 0 Å². The van der Waals surface area contributed by atoms with E-state index in [0.717, 1.165) is 47.0 Å². The van der Waals surface area contributed by atoms with Crippen LogP contribution in [0.5, 0.6) is 0 Å². The van der Waals surface area contributed by atoms with Crippen LogP contribution in [0.25, 0.3) is 0 Å². The Balaban J connectivity index is 0.000000201. The van der Waals surface area contributed by atoms with Crippen LogP contribution in [-0.4, -0.2) is 55.2 Å². The van der Waals surface area contributed by atoms with Gasteiger partial charge in [0.25, 0.3) is 0 Å². The summed E-state index contributed by atoms with van der Waals surface area (Å²) < 4.78 is 0. The first kappa shape index (κ1) is 28.7. The molecule has 2 saturated heterocycles. The van der Waals surface area contributed by atoms with Crippen LogP contribution in [0, 0.1) is 10.8 Å². The summed E-state index contributed by atoms with van der Waals surface area (Å²) in [7, 11) is 0. The Hall–Kier alpha value is -1.86. The molecule has 196 valence electrons. The summed E-state index contributed by atoms with van der Waals surface area (Å²) in [6.07, 6.45) is 1.12. The molecule has 4 nitrogen and oxygen atoms in total. The average Bonchev–Trinajstić information content (AvgIpc) is 2.78. The highest BCUT2D eigenvalue weighted by Gasteiger charge is 2.40. The standard InChI is InChI=1S/2C15H21NOS/c2*1-15(2,3)14(18)16-10-9-12(16)13(17)11-7-5-4-6-8-11/h2*4-8,12-13,17H,9-10H2,1-3H3/t2*12-,13-/m10/s1. The second-order valence-electron chi connectivity index (χ2n) is 11.9. The summed E-state index contributed by atoms with van der Waals surface area (Å²) in [4.78, 5) is 6.25. The molecule has 4 atom stereocenters. The Morgan fingerprint density at radius 2 is 0.972 bits per heavy atom. The number of aliphatic hydroxyl groups excluding tert-OH is 2. The van der Waals surface area contributed by atoms with Crippen molar-refractivity contribution in [3.63, 3.8) is 0 Å². The maximum absolute atomic E-state index is 10.4. The lowest BCUT2D eigenvalue weighted by molar-refractivity contribution is 0.0260. The van der Waals surface area contributed by atoms with E-state index in [0.29, 0.717) is 0 Å². The van der Waals surface area contributed by atoms with Crippen LogP contribution >= 0.6 is 24.4 Å². The minimum Gasteiger partial charge on any atom is -0.386 e. The van der Waals surface area contributed by atoms with Gasteiger partial charge < -0.3 is 20.0 Å². The van der Waals surface area contributed by atoms with E-state index in [9.17, 15) is 10.2 Å². The third-order valence-corrected chi connectivity index (χ3v) is 8.64. The summed E-state index contributed by atoms with van der Waals surface area (Å²) in [5.41, 5.74) is 1.93. The van der Waals surface area contributed by atoms with Crippen LogP contribution in [0.3, 0.4) is 0 Å². The molecular weight excluding hydrogens is 484 g/mol. The van der Waals surface area contributed by atoms with Gasteiger partial charge in [-0.2, -0.15) is 0 Å². The number of thiocarbonyl (C=S) groups is 2. The second-order valence-corrected chi connectivity index (χ2v) is 12.7. The van der Waals surface area contributed by atoms with E-state index < -0.39 is 12.2 Å². The topological polar surface area (TPSA) is 46.9 Å². The molecule has 2 aromatic rings. The van der Waals surface area contributed by atoms with Gasteiger partial charge in [-0.15, -0.1) is 0 Å². The van der Waals surface area contributed by atoms with Crippen molar-refractivity contribution in [1.29, 1.82) is 0 Å². The molecule has 2 aromatic carbocycles. The molecule has 2 aliphatic heterocycles.